The van der Waals surface area contributed by atoms with Gasteiger partial charge in [-0.1, -0.05) is 19.4 Å². The van der Waals surface area contributed by atoms with Gasteiger partial charge in [-0.15, -0.1) is 11.6 Å². The van der Waals surface area contributed by atoms with Gasteiger partial charge in [-0.2, -0.15) is 0 Å². The molecule has 3 rings (SSSR count). The number of barbiturate groups is 1. The molecule has 4 amide bonds. The molecule has 0 radical (unpaired) electrons. The Morgan fingerprint density at radius 3 is 2.74 bits per heavy atom. The highest BCUT2D eigenvalue weighted by Gasteiger charge is 2.35. The molecule has 27 heavy (non-hydrogen) atoms. The van der Waals surface area contributed by atoms with Crippen LogP contribution in [0.5, 0.6) is 0 Å². The number of amides is 4. The molecular formula is C20H24ClN3O3. The number of urea groups is 1. The molecule has 0 aliphatic carbocycles. The van der Waals surface area contributed by atoms with Crippen LogP contribution in [0, 0.1) is 0 Å². The summed E-state index contributed by atoms with van der Waals surface area (Å²) >= 11 is 5.79. The molecule has 0 atom stereocenters. The first kappa shape index (κ1) is 19.4. The lowest BCUT2D eigenvalue weighted by Crippen LogP contribution is -2.54. The van der Waals surface area contributed by atoms with Crippen LogP contribution in [0.25, 0.3) is 6.08 Å². The highest BCUT2D eigenvalue weighted by molar-refractivity contribution is 6.31. The maximum Gasteiger partial charge on any atom is 0.331 e. The van der Waals surface area contributed by atoms with Crippen molar-refractivity contribution in [1.82, 2.24) is 10.2 Å². The molecule has 2 aliphatic heterocycles. The number of imide groups is 2. The predicted octanol–water partition coefficient (Wildman–Crippen LogP) is 2.94. The molecule has 2 aliphatic rings. The minimum absolute atomic E-state index is 0.00245. The van der Waals surface area contributed by atoms with E-state index in [1.807, 2.05) is 25.1 Å². The highest BCUT2D eigenvalue weighted by atomic mass is 35.5. The number of unbranched alkanes of at least 4 members (excludes halogenated alkanes) is 1. The number of anilines is 1. The summed E-state index contributed by atoms with van der Waals surface area (Å²) in [6, 6.07) is 5.29. The number of carbonyl (C=O) groups excluding carboxylic acids is 3. The van der Waals surface area contributed by atoms with Crippen molar-refractivity contribution in [3.63, 3.8) is 0 Å². The molecule has 6 nitrogen and oxygen atoms in total. The topological polar surface area (TPSA) is 69.7 Å². The SMILES string of the molecule is CCCCN1C(=O)NC(=O)/C(=C/c2ccc3c(c2)CCN3CCCCl)C1=O. The molecule has 0 bridgehead atoms. The number of nitrogens with one attached hydrogen (secondary N) is 1. The van der Waals surface area contributed by atoms with Gasteiger partial charge in [0.1, 0.15) is 5.57 Å². The Bertz CT molecular complexity index is 791. The maximum atomic E-state index is 12.6. The predicted molar refractivity (Wildman–Crippen MR) is 106 cm³/mol. The van der Waals surface area contributed by atoms with Gasteiger partial charge in [0.25, 0.3) is 11.8 Å². The Hall–Kier alpha value is -2.34. The van der Waals surface area contributed by atoms with Crippen LogP contribution in [0.3, 0.4) is 0 Å². The third kappa shape index (κ3) is 4.16. The number of halogens is 1. The van der Waals surface area contributed by atoms with Crippen molar-refractivity contribution in [1.29, 1.82) is 0 Å². The van der Waals surface area contributed by atoms with E-state index in [1.54, 1.807) is 6.08 Å². The molecule has 7 heteroatoms. The van der Waals surface area contributed by atoms with Crippen LogP contribution in [-0.2, 0) is 16.0 Å². The zero-order valence-corrected chi connectivity index (χ0v) is 16.2. The Balaban J connectivity index is 1.82. The minimum Gasteiger partial charge on any atom is -0.371 e. The van der Waals surface area contributed by atoms with E-state index in [9.17, 15) is 14.4 Å². The van der Waals surface area contributed by atoms with Crippen molar-refractivity contribution in [3.05, 3.63) is 34.9 Å². The normalized spacial score (nSPS) is 18.3. The fraction of sp³-hybridized carbons (Fsp3) is 0.450. The van der Waals surface area contributed by atoms with E-state index >= 15 is 0 Å². The quantitative estimate of drug-likeness (QED) is 0.442. The van der Waals surface area contributed by atoms with Crippen LogP contribution in [0.1, 0.15) is 37.3 Å². The van der Waals surface area contributed by atoms with Crippen molar-refractivity contribution < 1.29 is 14.4 Å². The van der Waals surface area contributed by atoms with Crippen molar-refractivity contribution in [2.75, 3.05) is 30.4 Å². The van der Waals surface area contributed by atoms with Crippen LogP contribution in [-0.4, -0.2) is 48.3 Å². The van der Waals surface area contributed by atoms with Gasteiger partial charge in [0.05, 0.1) is 0 Å². The molecule has 0 saturated carbocycles. The van der Waals surface area contributed by atoms with Crippen molar-refractivity contribution >= 4 is 41.2 Å². The van der Waals surface area contributed by atoms with E-state index < -0.39 is 17.8 Å². The van der Waals surface area contributed by atoms with Crippen molar-refractivity contribution in [3.8, 4) is 0 Å². The van der Waals surface area contributed by atoms with Crippen molar-refractivity contribution in [2.45, 2.75) is 32.6 Å². The van der Waals surface area contributed by atoms with E-state index in [4.69, 9.17) is 11.6 Å². The summed E-state index contributed by atoms with van der Waals surface area (Å²) in [5, 5.41) is 2.26. The Kier molecular flexibility index (Phi) is 6.16. The largest absolute Gasteiger partial charge is 0.371 e. The van der Waals surface area contributed by atoms with Crippen LogP contribution >= 0.6 is 11.6 Å². The van der Waals surface area contributed by atoms with Crippen LogP contribution in [0.4, 0.5) is 10.5 Å². The van der Waals surface area contributed by atoms with Crippen LogP contribution < -0.4 is 10.2 Å². The second-order valence-corrected chi connectivity index (χ2v) is 7.17. The minimum atomic E-state index is -0.639. The third-order valence-corrected chi connectivity index (χ3v) is 5.16. The lowest BCUT2D eigenvalue weighted by Gasteiger charge is -2.26. The molecule has 0 unspecified atom stereocenters. The fourth-order valence-electron chi connectivity index (χ4n) is 3.44. The van der Waals surface area contributed by atoms with Gasteiger partial charge >= 0.3 is 6.03 Å². The molecule has 144 valence electrons. The average molecular weight is 390 g/mol. The molecule has 0 spiro atoms. The van der Waals surface area contributed by atoms with Gasteiger partial charge in [0.15, 0.2) is 0 Å². The molecular weight excluding hydrogens is 366 g/mol. The maximum absolute atomic E-state index is 12.6. The Morgan fingerprint density at radius 2 is 2.00 bits per heavy atom. The molecule has 0 aromatic heterocycles. The Labute approximate surface area is 164 Å². The summed E-state index contributed by atoms with van der Waals surface area (Å²) in [6.45, 7) is 4.16. The zero-order valence-electron chi connectivity index (χ0n) is 15.5. The monoisotopic (exact) mass is 389 g/mol. The number of nitrogens with zero attached hydrogens (tertiary/aromatic N) is 2. The number of fused-ring (bicyclic) bond motifs is 1. The van der Waals surface area contributed by atoms with Gasteiger partial charge in [0.2, 0.25) is 0 Å². The number of rotatable bonds is 7. The Morgan fingerprint density at radius 1 is 1.19 bits per heavy atom. The summed E-state index contributed by atoms with van der Waals surface area (Å²) in [5.41, 5.74) is 3.17. The first-order valence-electron chi connectivity index (χ1n) is 9.38. The fourth-order valence-corrected chi connectivity index (χ4v) is 3.56. The van der Waals surface area contributed by atoms with Gasteiger partial charge in [-0.05, 0) is 48.6 Å². The second kappa shape index (κ2) is 8.57. The molecule has 2 heterocycles. The smallest absolute Gasteiger partial charge is 0.331 e. The molecule has 1 N–H and O–H groups in total. The first-order valence-corrected chi connectivity index (χ1v) is 9.91. The number of carbonyl (C=O) groups is 3. The van der Waals surface area contributed by atoms with Gasteiger partial charge in [-0.3, -0.25) is 19.8 Å². The number of hydrogen-bond acceptors (Lipinski definition) is 4. The molecule has 1 aromatic carbocycles. The summed E-state index contributed by atoms with van der Waals surface area (Å²) in [7, 11) is 0. The number of benzene rings is 1. The van der Waals surface area contributed by atoms with Gasteiger partial charge in [0, 0.05) is 31.2 Å². The lowest BCUT2D eigenvalue weighted by molar-refractivity contribution is -0.130. The van der Waals surface area contributed by atoms with Crippen LogP contribution in [0.2, 0.25) is 0 Å². The molecule has 1 aromatic rings. The average Bonchev–Trinajstić information content (AvgIpc) is 3.05. The van der Waals surface area contributed by atoms with Gasteiger partial charge < -0.3 is 4.90 Å². The van der Waals surface area contributed by atoms with E-state index in [-0.39, 0.29) is 5.57 Å². The molecule has 1 saturated heterocycles. The second-order valence-electron chi connectivity index (χ2n) is 6.80. The van der Waals surface area contributed by atoms with Crippen LogP contribution in [0.15, 0.2) is 23.8 Å². The summed E-state index contributed by atoms with van der Waals surface area (Å²) in [4.78, 5) is 40.1. The number of hydrogen-bond donors (Lipinski definition) is 1. The standard InChI is InChI=1S/C20H24ClN3O3/c1-2-3-10-24-19(26)16(18(25)22-20(24)27)13-14-5-6-17-15(12-14)7-11-23(17)9-4-8-21/h5-6,12-13H,2-4,7-11H2,1H3,(H,22,25,27)/b16-13-. The number of alkyl halides is 1. The third-order valence-electron chi connectivity index (χ3n) is 4.89. The van der Waals surface area contributed by atoms with E-state index in [2.05, 4.69) is 10.2 Å². The van der Waals surface area contributed by atoms with E-state index in [0.717, 1.165) is 42.8 Å². The van der Waals surface area contributed by atoms with Gasteiger partial charge in [-0.25, -0.2) is 4.79 Å². The first-order chi connectivity index (χ1) is 13.0. The lowest BCUT2D eigenvalue weighted by atomic mass is 10.0. The molecule has 1 fully saturated rings. The summed E-state index contributed by atoms with van der Waals surface area (Å²) in [5.74, 6) is -0.524. The van der Waals surface area contributed by atoms with E-state index in [1.165, 1.54) is 11.3 Å². The summed E-state index contributed by atoms with van der Waals surface area (Å²) < 4.78 is 0. The zero-order chi connectivity index (χ0) is 19.4. The summed E-state index contributed by atoms with van der Waals surface area (Å²) in [6.07, 6.45) is 5.00. The van der Waals surface area contributed by atoms with E-state index in [0.29, 0.717) is 18.8 Å². The van der Waals surface area contributed by atoms with Crippen molar-refractivity contribution in [2.24, 2.45) is 0 Å². The highest BCUT2D eigenvalue weighted by Crippen LogP contribution is 2.30.